The van der Waals surface area contributed by atoms with Gasteiger partial charge in [0.1, 0.15) is 0 Å². The summed E-state index contributed by atoms with van der Waals surface area (Å²) in [4.78, 5) is 4.19. The third kappa shape index (κ3) is 2.80. The number of nitrogens with one attached hydrogen (secondary N) is 1. The Labute approximate surface area is 97.5 Å². The van der Waals surface area contributed by atoms with E-state index in [-0.39, 0.29) is 0 Å². The van der Waals surface area contributed by atoms with Gasteiger partial charge in [0.2, 0.25) is 0 Å². The zero-order valence-electron chi connectivity index (χ0n) is 10.00. The molecule has 16 heavy (non-hydrogen) atoms. The number of pyridine rings is 1. The van der Waals surface area contributed by atoms with Crippen molar-refractivity contribution < 1.29 is 0 Å². The van der Waals surface area contributed by atoms with Crippen LogP contribution in [0.15, 0.2) is 18.3 Å². The van der Waals surface area contributed by atoms with E-state index in [4.69, 9.17) is 5.73 Å². The summed E-state index contributed by atoms with van der Waals surface area (Å²) in [6.45, 7) is 4.92. The van der Waals surface area contributed by atoms with Crippen LogP contribution in [0.5, 0.6) is 0 Å². The minimum Gasteiger partial charge on any atom is -0.325 e. The smallest absolute Gasteiger partial charge is 0.0542 e. The van der Waals surface area contributed by atoms with Crippen LogP contribution in [-0.4, -0.2) is 11.5 Å². The van der Waals surface area contributed by atoms with E-state index < -0.39 is 0 Å². The Morgan fingerprint density at radius 3 is 2.94 bits per heavy atom. The molecule has 0 amide bonds. The summed E-state index contributed by atoms with van der Waals surface area (Å²) in [5, 5.41) is 3.53. The highest BCUT2D eigenvalue weighted by molar-refractivity contribution is 5.16. The number of aromatic nitrogens is 1. The third-order valence-electron chi connectivity index (χ3n) is 3.53. The normalized spacial score (nSPS) is 18.1. The molecule has 0 radical (unpaired) electrons. The SMILES string of the molecule is CC1(CNCc2ccnc(CN)c2)CCC1. The van der Waals surface area contributed by atoms with Crippen LogP contribution in [0.1, 0.15) is 37.4 Å². The summed E-state index contributed by atoms with van der Waals surface area (Å²) >= 11 is 0. The zero-order valence-corrected chi connectivity index (χ0v) is 10.00. The fraction of sp³-hybridized carbons (Fsp3) is 0.615. The Kier molecular flexibility index (Phi) is 3.56. The van der Waals surface area contributed by atoms with Gasteiger partial charge >= 0.3 is 0 Å². The summed E-state index contributed by atoms with van der Waals surface area (Å²) in [5.41, 5.74) is 8.35. The summed E-state index contributed by atoms with van der Waals surface area (Å²) < 4.78 is 0. The van der Waals surface area contributed by atoms with Gasteiger partial charge < -0.3 is 11.1 Å². The van der Waals surface area contributed by atoms with Gasteiger partial charge in [-0.3, -0.25) is 4.98 Å². The lowest BCUT2D eigenvalue weighted by Crippen LogP contribution is -2.36. The lowest BCUT2D eigenvalue weighted by atomic mass is 9.70. The summed E-state index contributed by atoms with van der Waals surface area (Å²) in [6.07, 6.45) is 5.96. The van der Waals surface area contributed by atoms with Crippen molar-refractivity contribution in [2.45, 2.75) is 39.3 Å². The first-order valence-corrected chi connectivity index (χ1v) is 6.06. The maximum Gasteiger partial charge on any atom is 0.0542 e. The van der Waals surface area contributed by atoms with E-state index in [0.717, 1.165) is 18.8 Å². The molecule has 88 valence electrons. The van der Waals surface area contributed by atoms with Crippen molar-refractivity contribution in [2.24, 2.45) is 11.1 Å². The Hall–Kier alpha value is -0.930. The Morgan fingerprint density at radius 2 is 2.31 bits per heavy atom. The molecule has 0 unspecified atom stereocenters. The average Bonchev–Trinajstić information content (AvgIpc) is 2.27. The van der Waals surface area contributed by atoms with Crippen LogP contribution < -0.4 is 11.1 Å². The van der Waals surface area contributed by atoms with Gasteiger partial charge in [-0.05, 0) is 36.0 Å². The second kappa shape index (κ2) is 4.93. The molecule has 1 aliphatic rings. The van der Waals surface area contributed by atoms with Crippen molar-refractivity contribution >= 4 is 0 Å². The minimum absolute atomic E-state index is 0.519. The van der Waals surface area contributed by atoms with Crippen LogP contribution in [0.25, 0.3) is 0 Å². The standard InChI is InChI=1S/C13H21N3/c1-13(4-2-5-13)10-15-9-11-3-6-16-12(7-11)8-14/h3,6-7,15H,2,4-5,8-10,14H2,1H3. The molecule has 0 atom stereocenters. The fourth-order valence-corrected chi connectivity index (χ4v) is 2.22. The fourth-order valence-electron chi connectivity index (χ4n) is 2.22. The van der Waals surface area contributed by atoms with E-state index in [0.29, 0.717) is 12.0 Å². The van der Waals surface area contributed by atoms with Crippen LogP contribution in [0, 0.1) is 5.41 Å². The highest BCUT2D eigenvalue weighted by atomic mass is 14.9. The molecule has 1 fully saturated rings. The number of rotatable bonds is 5. The molecule has 1 aromatic rings. The van der Waals surface area contributed by atoms with E-state index in [1.54, 1.807) is 0 Å². The second-order valence-corrected chi connectivity index (χ2v) is 5.13. The molecule has 3 nitrogen and oxygen atoms in total. The van der Waals surface area contributed by atoms with E-state index in [1.165, 1.54) is 24.8 Å². The summed E-state index contributed by atoms with van der Waals surface area (Å²) in [6, 6.07) is 4.13. The topological polar surface area (TPSA) is 50.9 Å². The summed E-state index contributed by atoms with van der Waals surface area (Å²) in [5.74, 6) is 0. The monoisotopic (exact) mass is 219 g/mol. The van der Waals surface area contributed by atoms with Crippen molar-refractivity contribution in [3.63, 3.8) is 0 Å². The zero-order chi connectivity index (χ0) is 11.4. The lowest BCUT2D eigenvalue weighted by molar-refractivity contribution is 0.156. The van der Waals surface area contributed by atoms with Crippen LogP contribution in [0.3, 0.4) is 0 Å². The Balaban J connectivity index is 1.80. The molecule has 0 aliphatic heterocycles. The molecule has 3 heteroatoms. The van der Waals surface area contributed by atoms with E-state index in [9.17, 15) is 0 Å². The molecule has 1 saturated carbocycles. The Morgan fingerprint density at radius 1 is 1.50 bits per heavy atom. The molecule has 3 N–H and O–H groups in total. The van der Waals surface area contributed by atoms with Gasteiger partial charge in [0, 0.05) is 25.8 Å². The van der Waals surface area contributed by atoms with Crippen LogP contribution >= 0.6 is 0 Å². The minimum atomic E-state index is 0.519. The first-order chi connectivity index (χ1) is 7.72. The molecule has 1 aromatic heterocycles. The third-order valence-corrected chi connectivity index (χ3v) is 3.53. The van der Waals surface area contributed by atoms with Gasteiger partial charge in [-0.15, -0.1) is 0 Å². The van der Waals surface area contributed by atoms with Crippen molar-refractivity contribution in [1.29, 1.82) is 0 Å². The molecule has 2 rings (SSSR count). The number of hydrogen-bond acceptors (Lipinski definition) is 3. The quantitative estimate of drug-likeness (QED) is 0.794. The maximum absolute atomic E-state index is 5.56. The predicted octanol–water partition coefficient (Wildman–Crippen LogP) is 1.82. The van der Waals surface area contributed by atoms with Crippen LogP contribution in [0.2, 0.25) is 0 Å². The first kappa shape index (κ1) is 11.6. The molecule has 0 spiro atoms. The lowest BCUT2D eigenvalue weighted by Gasteiger charge is -2.38. The molecule has 0 aromatic carbocycles. The molecule has 0 saturated heterocycles. The maximum atomic E-state index is 5.56. The van der Waals surface area contributed by atoms with Gasteiger partial charge in [-0.1, -0.05) is 13.3 Å². The van der Waals surface area contributed by atoms with Crippen molar-refractivity contribution in [1.82, 2.24) is 10.3 Å². The van der Waals surface area contributed by atoms with E-state index in [2.05, 4.69) is 29.4 Å². The molecular formula is C13H21N3. The van der Waals surface area contributed by atoms with Gasteiger partial charge in [-0.25, -0.2) is 0 Å². The molecular weight excluding hydrogens is 198 g/mol. The number of nitrogens with zero attached hydrogens (tertiary/aromatic N) is 1. The van der Waals surface area contributed by atoms with Crippen molar-refractivity contribution in [3.8, 4) is 0 Å². The molecule has 1 heterocycles. The summed E-state index contributed by atoms with van der Waals surface area (Å²) in [7, 11) is 0. The Bertz CT molecular complexity index is 345. The van der Waals surface area contributed by atoms with Crippen LogP contribution in [0.4, 0.5) is 0 Å². The number of nitrogens with two attached hydrogens (primary N) is 1. The van der Waals surface area contributed by atoms with Gasteiger partial charge in [0.15, 0.2) is 0 Å². The predicted molar refractivity (Wildman–Crippen MR) is 65.8 cm³/mol. The van der Waals surface area contributed by atoms with Crippen molar-refractivity contribution in [2.75, 3.05) is 6.54 Å². The highest BCUT2D eigenvalue weighted by Crippen LogP contribution is 2.39. The van der Waals surface area contributed by atoms with E-state index >= 15 is 0 Å². The van der Waals surface area contributed by atoms with E-state index in [1.807, 2.05) is 6.20 Å². The van der Waals surface area contributed by atoms with Gasteiger partial charge in [-0.2, -0.15) is 0 Å². The highest BCUT2D eigenvalue weighted by Gasteiger charge is 2.30. The second-order valence-electron chi connectivity index (χ2n) is 5.13. The van der Waals surface area contributed by atoms with Crippen molar-refractivity contribution in [3.05, 3.63) is 29.6 Å². The largest absolute Gasteiger partial charge is 0.325 e. The average molecular weight is 219 g/mol. The van der Waals surface area contributed by atoms with Crippen LogP contribution in [-0.2, 0) is 13.1 Å². The molecule has 1 aliphatic carbocycles. The van der Waals surface area contributed by atoms with Gasteiger partial charge in [0.25, 0.3) is 0 Å². The first-order valence-electron chi connectivity index (χ1n) is 6.06. The molecule has 0 bridgehead atoms. The number of hydrogen-bond donors (Lipinski definition) is 2. The van der Waals surface area contributed by atoms with Gasteiger partial charge in [0.05, 0.1) is 5.69 Å².